The predicted octanol–water partition coefficient (Wildman–Crippen LogP) is 17.1. The van der Waals surface area contributed by atoms with Gasteiger partial charge in [-0.15, -0.1) is 11.8 Å². The number of nitrogens with one attached hydrogen (secondary N) is 11. The van der Waals surface area contributed by atoms with E-state index in [0.717, 1.165) is 28.7 Å². The zero-order valence-corrected chi connectivity index (χ0v) is 66.0. The van der Waals surface area contributed by atoms with E-state index in [0.29, 0.717) is 93.4 Å². The van der Waals surface area contributed by atoms with Crippen LogP contribution in [0.15, 0.2) is 111 Å². The van der Waals surface area contributed by atoms with Gasteiger partial charge in [0.25, 0.3) is 0 Å². The molecule has 1 aliphatic heterocycles. The number of amides is 4. The van der Waals surface area contributed by atoms with Crippen molar-refractivity contribution in [1.82, 2.24) is 101 Å². The number of aromatic amines is 4. The van der Waals surface area contributed by atoms with Crippen molar-refractivity contribution in [2.75, 3.05) is 65.3 Å². The molecule has 12 aromatic rings. The largest absolute Gasteiger partial charge is 0.405 e. The van der Waals surface area contributed by atoms with Crippen LogP contribution in [-0.4, -0.2) is 189 Å². The molecule has 12 aromatic heterocycles. The topological polar surface area (TPSA) is 374 Å². The molecule has 45 heteroatoms. The number of fused-ring (bicyclic) bond motifs is 4. The highest BCUT2D eigenvalue weighted by molar-refractivity contribution is 7.99. The van der Waals surface area contributed by atoms with Crippen LogP contribution in [0.25, 0.3) is 89.7 Å². The fourth-order valence-electron chi connectivity index (χ4n) is 11.8. The van der Waals surface area contributed by atoms with Crippen molar-refractivity contribution in [3.05, 3.63) is 142 Å². The molecule has 0 spiro atoms. The van der Waals surface area contributed by atoms with Gasteiger partial charge in [-0.1, -0.05) is 74.1 Å². The van der Waals surface area contributed by atoms with Crippen molar-refractivity contribution in [2.24, 2.45) is 0 Å². The summed E-state index contributed by atoms with van der Waals surface area (Å²) in [5.74, 6) is -2.64. The molecule has 0 saturated carbocycles. The van der Waals surface area contributed by atoms with Gasteiger partial charge in [0, 0.05) is 129 Å². The van der Waals surface area contributed by atoms with Gasteiger partial charge in [-0.05, 0) is 75.9 Å². The number of alkyl halides is 10. The Morgan fingerprint density at radius 2 is 0.863 bits per heavy atom. The van der Waals surface area contributed by atoms with Crippen LogP contribution in [0.5, 0.6) is 0 Å². The number of thioether (sulfide) groups is 1. The van der Waals surface area contributed by atoms with E-state index in [1.54, 1.807) is 115 Å². The molecular weight excluding hydrogens is 1670 g/mol. The Labute approximate surface area is 692 Å². The second-order valence-electron chi connectivity index (χ2n) is 26.2. The van der Waals surface area contributed by atoms with Crippen molar-refractivity contribution in [1.29, 1.82) is 0 Å². The summed E-state index contributed by atoms with van der Waals surface area (Å²) in [6.07, 6.45) is 4.71. The smallest absolute Gasteiger partial charge is 0.356 e. The Hall–Kier alpha value is -11.2. The van der Waals surface area contributed by atoms with E-state index >= 15 is 0 Å². The van der Waals surface area contributed by atoms with Crippen LogP contribution in [0.1, 0.15) is 78.6 Å². The van der Waals surface area contributed by atoms with Crippen LogP contribution in [0.4, 0.5) is 76.0 Å². The normalized spacial score (nSPS) is 13.3. The van der Waals surface area contributed by atoms with Gasteiger partial charge < -0.3 is 62.1 Å². The summed E-state index contributed by atoms with van der Waals surface area (Å²) in [5.41, 5.74) is 1.05. The van der Waals surface area contributed by atoms with E-state index in [2.05, 4.69) is 101 Å². The molecule has 0 unspecified atom stereocenters. The van der Waals surface area contributed by atoms with Gasteiger partial charge in [-0.2, -0.15) is 39.5 Å². The number of carbonyl (C=O) groups is 4. The van der Waals surface area contributed by atoms with E-state index < -0.39 is 96.9 Å². The highest BCUT2D eigenvalue weighted by Gasteiger charge is 2.42. The number of nitrogens with zero attached hydrogens (tertiary/aromatic N) is 13. The monoisotopic (exact) mass is 1750 g/mol. The molecular formula is C72H86Cl4F12N24O4S. The summed E-state index contributed by atoms with van der Waals surface area (Å²) >= 11 is 25.3. The quantitative estimate of drug-likeness (QED) is 0.0250. The van der Waals surface area contributed by atoms with Crippen molar-refractivity contribution in [3.63, 3.8) is 0 Å². The maximum Gasteiger partial charge on any atom is 0.405 e. The van der Waals surface area contributed by atoms with Crippen molar-refractivity contribution in [2.45, 2.75) is 108 Å². The first-order valence-corrected chi connectivity index (χ1v) is 37.9. The van der Waals surface area contributed by atoms with E-state index in [-0.39, 0.29) is 84.5 Å². The highest BCUT2D eigenvalue weighted by Crippen LogP contribution is 2.37. The molecule has 117 heavy (non-hydrogen) atoms. The van der Waals surface area contributed by atoms with Crippen LogP contribution in [0, 0.1) is 11.6 Å². The van der Waals surface area contributed by atoms with Crippen molar-refractivity contribution >= 4 is 149 Å². The van der Waals surface area contributed by atoms with Gasteiger partial charge in [-0.3, -0.25) is 19.2 Å². The van der Waals surface area contributed by atoms with Crippen LogP contribution in [0.2, 0.25) is 20.1 Å². The SMILES string of the molecule is CC(C)(Nc1ccnc(-c2c[nH]c3ncc(Cl)cc23)n1)C(=O)NCCF.CCC(CC)(Nc1ccnc(-c2c[nH]c3ncc(Cl)cc23)n1)C(=O)NCC(F)(F)F.CCC(CC)(Nc1nc(-c2c[nH]c3ncc(Cl)cc23)ncc1F)C(=O)NCC(F)(F)F.O=C(NCC(F)(F)F)[C@H]1CSCN1c1nc(-c2c[nH]c3ncc(Cl)cc23)ncc1F.[HH].[HH].[HH].[HH].[HH].[HH].[HH].[HH]. The lowest BCUT2D eigenvalue weighted by atomic mass is 9.91. The Kier molecular flexibility index (Phi) is 28.2. The van der Waals surface area contributed by atoms with Gasteiger partial charge in [-0.25, -0.2) is 73.0 Å². The minimum atomic E-state index is -4.57. The van der Waals surface area contributed by atoms with Gasteiger partial charge in [0.2, 0.25) is 23.6 Å². The number of carbonyl (C=O) groups excluding carboxylic acids is 4. The first-order valence-electron chi connectivity index (χ1n) is 35.2. The minimum absolute atomic E-state index is 0. The summed E-state index contributed by atoms with van der Waals surface area (Å²) in [7, 11) is 0. The van der Waals surface area contributed by atoms with Crippen LogP contribution < -0.4 is 42.1 Å². The lowest BCUT2D eigenvalue weighted by molar-refractivity contribution is -0.141. The third-order valence-electron chi connectivity index (χ3n) is 18.0. The van der Waals surface area contributed by atoms with Crippen molar-refractivity contribution < 1.29 is 83.3 Å². The molecule has 4 amide bonds. The molecule has 13 rings (SSSR count). The fraction of sp³-hybridized carbons (Fsp3) is 0.333. The molecule has 1 atom stereocenters. The first-order chi connectivity index (χ1) is 55.4. The van der Waals surface area contributed by atoms with E-state index in [1.165, 1.54) is 41.4 Å². The Bertz CT molecular complexity index is 5580. The average molecular weight is 1750 g/mol. The van der Waals surface area contributed by atoms with Gasteiger partial charge in [0.15, 0.2) is 46.6 Å². The Morgan fingerprint density at radius 3 is 1.26 bits per heavy atom. The molecule has 0 radical (unpaired) electrons. The molecule has 0 aromatic carbocycles. The maximum atomic E-state index is 14.5. The zero-order valence-electron chi connectivity index (χ0n) is 62.2. The third kappa shape index (κ3) is 22.1. The highest BCUT2D eigenvalue weighted by atomic mass is 35.5. The van der Waals surface area contributed by atoms with E-state index in [9.17, 15) is 71.9 Å². The predicted molar refractivity (Wildman–Crippen MR) is 437 cm³/mol. The number of aromatic nitrogens is 16. The number of halogens is 16. The standard InChI is InChI=1S/C19H19ClF4N6O.C19H20ClF3N6O.C17H13ClF4N6OS.C17H18ClFN6O.8H2/c1-3-18(4-2,17(31)28-9-19(22,23)24)30-16-13(21)8-27-15(29-16)12-7-26-14-11(12)5-10(20)6-25-14;1-3-18(4-2,17(30)27-10-19(21,22)23)29-14-5-6-24-16(28-14)13-9-26-15-12(13)7-11(20)8-25-15;18-8-1-9-10(3-24-13(9)23-2-8)14-25-4-11(19)15(27-14)28-7-30-5-12(28)16(29)26-6-17(20,21)22;1-17(2,16(26)21-6-4-19)25-13-3-5-20-15(24-13)12-9-23-14-11(12)7-10(18)8-22-14;;;;;;;;/h5-8H,3-4,9H2,1-2H3,(H,25,26)(H,28,31)(H,27,29,30);5-9H,3-4,10H2,1-2H3,(H,25,26)(H,27,30)(H,24,28,29);1-4,12H,5-7H2,(H,23,24)(H,26,29);3,5,7-9H,4,6H2,1-2H3,(H,21,26)(H,22,23)(H,20,24,25);8*1H/t;;12-;;;;;;;;;/m..1........./s1. The number of hydrogen-bond acceptors (Lipinski definition) is 21. The summed E-state index contributed by atoms with van der Waals surface area (Å²) in [5, 5.41) is 21.4. The minimum Gasteiger partial charge on any atom is -0.356 e. The average Bonchev–Trinajstić information content (AvgIpc) is 1.67. The number of H-pyrrole nitrogens is 4. The Balaban J connectivity index is 0.000000554. The summed E-state index contributed by atoms with van der Waals surface area (Å²) in [4.78, 5) is 113. The second kappa shape index (κ2) is 37.4. The summed E-state index contributed by atoms with van der Waals surface area (Å²) in [6.45, 7) is 5.06. The third-order valence-corrected chi connectivity index (χ3v) is 19.8. The molecule has 1 saturated heterocycles. The van der Waals surface area contributed by atoms with Crippen LogP contribution in [-0.2, 0) is 19.2 Å². The van der Waals surface area contributed by atoms with Crippen LogP contribution in [0.3, 0.4) is 0 Å². The molecule has 13 heterocycles. The number of hydrogen-bond donors (Lipinski definition) is 11. The maximum absolute atomic E-state index is 14.5. The lowest BCUT2D eigenvalue weighted by Crippen LogP contribution is -2.53. The van der Waals surface area contributed by atoms with Crippen molar-refractivity contribution in [3.8, 4) is 45.6 Å². The van der Waals surface area contributed by atoms with E-state index in [1.807, 2.05) is 16.0 Å². The summed E-state index contributed by atoms with van der Waals surface area (Å²) < 4.78 is 154. The first kappa shape index (κ1) is 88.2. The fourth-order valence-corrected chi connectivity index (χ4v) is 13.5. The molecule has 28 nitrogen and oxygen atoms in total. The number of anilines is 4. The van der Waals surface area contributed by atoms with Gasteiger partial charge in [0.1, 0.15) is 83.2 Å². The van der Waals surface area contributed by atoms with E-state index in [4.69, 9.17) is 46.4 Å². The lowest BCUT2D eigenvalue weighted by Gasteiger charge is -2.32. The number of rotatable bonds is 24. The zero-order chi connectivity index (χ0) is 85.0. The molecule has 0 aliphatic carbocycles. The Morgan fingerprint density at radius 1 is 0.487 bits per heavy atom. The van der Waals surface area contributed by atoms with Gasteiger partial charge in [0.05, 0.1) is 38.4 Å². The summed E-state index contributed by atoms with van der Waals surface area (Å²) in [6, 6.07) is 9.03. The van der Waals surface area contributed by atoms with Gasteiger partial charge >= 0.3 is 18.5 Å². The second-order valence-corrected chi connectivity index (χ2v) is 29.0. The molecule has 11 N–H and O–H groups in total. The molecule has 1 aliphatic rings. The number of pyridine rings is 4. The van der Waals surface area contributed by atoms with Crippen LogP contribution >= 0.6 is 58.2 Å². The molecule has 0 bridgehead atoms. The molecule has 1 fully saturated rings. The molecule has 636 valence electrons.